The van der Waals surface area contributed by atoms with Crippen LogP contribution in [0, 0.1) is 0 Å². The highest BCUT2D eigenvalue weighted by Gasteiger charge is 2.41. The van der Waals surface area contributed by atoms with Gasteiger partial charge in [0.25, 0.3) is 5.91 Å². The van der Waals surface area contributed by atoms with Crippen molar-refractivity contribution >= 4 is 23.3 Å². The van der Waals surface area contributed by atoms with Crippen LogP contribution in [0.1, 0.15) is 13.8 Å². The summed E-state index contributed by atoms with van der Waals surface area (Å²) in [5.41, 5.74) is -0.597. The molecule has 0 unspecified atom stereocenters. The summed E-state index contributed by atoms with van der Waals surface area (Å²) in [6, 6.07) is 0. The predicted octanol–water partition coefficient (Wildman–Crippen LogP) is 1.66. The highest BCUT2D eigenvalue weighted by molar-refractivity contribution is 6.32. The molecule has 2 aliphatic rings. The Morgan fingerprint density at radius 1 is 1.46 bits per heavy atom. The van der Waals surface area contributed by atoms with Gasteiger partial charge in [0, 0.05) is 6.20 Å². The smallest absolute Gasteiger partial charge is 0.273 e. The van der Waals surface area contributed by atoms with Crippen LogP contribution in [0.2, 0.25) is 0 Å². The van der Waals surface area contributed by atoms with Gasteiger partial charge in [-0.25, -0.2) is 0 Å². The lowest BCUT2D eigenvalue weighted by atomic mass is 10.0. The number of fused-ring (bicyclic) bond motifs is 1. The third-order valence-electron chi connectivity index (χ3n) is 2.23. The highest BCUT2D eigenvalue weighted by atomic mass is 35.5. The molecule has 0 aromatic heterocycles. The number of carbonyl (C=O) groups excluding carboxylic acids is 1. The van der Waals surface area contributed by atoms with E-state index in [2.05, 4.69) is 4.99 Å². The van der Waals surface area contributed by atoms with Crippen molar-refractivity contribution < 1.29 is 4.79 Å². The van der Waals surface area contributed by atoms with Gasteiger partial charge < -0.3 is 4.90 Å². The second-order valence-corrected chi connectivity index (χ2v) is 3.99. The summed E-state index contributed by atoms with van der Waals surface area (Å²) >= 11 is 5.82. The lowest BCUT2D eigenvalue weighted by Gasteiger charge is -2.29. The molecule has 0 aliphatic carbocycles. The Bertz CT molecular complexity index is 366. The van der Waals surface area contributed by atoms with E-state index in [0.29, 0.717) is 10.9 Å². The largest absolute Gasteiger partial charge is 0.317 e. The number of aliphatic imine (C=N–C) groups is 1. The van der Waals surface area contributed by atoms with Crippen molar-refractivity contribution in [2.75, 3.05) is 0 Å². The van der Waals surface area contributed by atoms with Crippen LogP contribution < -0.4 is 0 Å². The zero-order valence-corrected chi connectivity index (χ0v) is 8.17. The van der Waals surface area contributed by atoms with Crippen LogP contribution in [0.4, 0.5) is 0 Å². The first kappa shape index (κ1) is 8.51. The summed E-state index contributed by atoms with van der Waals surface area (Å²) in [5.74, 6) is 0.536. The fourth-order valence-electron chi connectivity index (χ4n) is 1.35. The number of amidine groups is 1. The van der Waals surface area contributed by atoms with Crippen LogP contribution in [0.15, 0.2) is 28.4 Å². The molecule has 0 saturated heterocycles. The molecular weight excluding hydrogens is 188 g/mol. The van der Waals surface area contributed by atoms with Crippen LogP contribution in [0.5, 0.6) is 0 Å². The van der Waals surface area contributed by atoms with Crippen LogP contribution in [0.25, 0.3) is 0 Å². The van der Waals surface area contributed by atoms with E-state index in [-0.39, 0.29) is 5.91 Å². The fourth-order valence-corrected chi connectivity index (χ4v) is 1.51. The number of hydrogen-bond acceptors (Lipinski definition) is 2. The van der Waals surface area contributed by atoms with Gasteiger partial charge in [-0.1, -0.05) is 11.6 Å². The number of halogens is 1. The normalized spacial score (nSPS) is 24.2. The van der Waals surface area contributed by atoms with Gasteiger partial charge in [-0.3, -0.25) is 4.79 Å². The highest BCUT2D eigenvalue weighted by Crippen LogP contribution is 2.28. The molecule has 0 spiro atoms. The molecule has 0 fully saturated rings. The topological polar surface area (TPSA) is 32.7 Å². The van der Waals surface area contributed by atoms with Gasteiger partial charge in [-0.2, -0.15) is 4.99 Å². The van der Waals surface area contributed by atoms with Gasteiger partial charge in [-0.15, -0.1) is 0 Å². The molecule has 0 atom stereocenters. The quantitative estimate of drug-likeness (QED) is 0.590. The standard InChI is InChI=1S/C9H9ClN2O/c1-9(2)8(13)11-7-4-3-6(10)5-12(7)9/h3-5H,1-2H3. The summed E-state index contributed by atoms with van der Waals surface area (Å²) in [6.07, 6.45) is 5.20. The second-order valence-electron chi connectivity index (χ2n) is 3.55. The van der Waals surface area contributed by atoms with Crippen molar-refractivity contribution in [3.8, 4) is 0 Å². The van der Waals surface area contributed by atoms with Crippen LogP contribution in [0.3, 0.4) is 0 Å². The maximum atomic E-state index is 11.4. The average Bonchev–Trinajstić information content (AvgIpc) is 2.27. The SMILES string of the molecule is CC1(C)C(=O)N=C2C=CC(Cl)=CN21. The number of carbonyl (C=O) groups is 1. The van der Waals surface area contributed by atoms with Crippen molar-refractivity contribution in [3.05, 3.63) is 23.4 Å². The van der Waals surface area contributed by atoms with Gasteiger partial charge >= 0.3 is 0 Å². The van der Waals surface area contributed by atoms with Crippen molar-refractivity contribution in [2.24, 2.45) is 4.99 Å². The van der Waals surface area contributed by atoms with Crippen LogP contribution in [-0.4, -0.2) is 22.2 Å². The Labute approximate surface area is 81.4 Å². The van der Waals surface area contributed by atoms with Crippen molar-refractivity contribution in [1.29, 1.82) is 0 Å². The Balaban J connectivity index is 2.47. The van der Waals surface area contributed by atoms with Gasteiger partial charge in [0.1, 0.15) is 11.4 Å². The van der Waals surface area contributed by atoms with Gasteiger partial charge in [0.2, 0.25) is 0 Å². The van der Waals surface area contributed by atoms with E-state index in [1.807, 2.05) is 13.8 Å². The zero-order chi connectivity index (χ0) is 9.64. The van der Waals surface area contributed by atoms with Crippen LogP contribution in [-0.2, 0) is 4.79 Å². The summed E-state index contributed by atoms with van der Waals surface area (Å²) in [6.45, 7) is 3.65. The Morgan fingerprint density at radius 3 is 2.85 bits per heavy atom. The first-order valence-corrected chi connectivity index (χ1v) is 4.37. The third-order valence-corrected chi connectivity index (χ3v) is 2.46. The van der Waals surface area contributed by atoms with Crippen molar-refractivity contribution in [3.63, 3.8) is 0 Å². The summed E-state index contributed by atoms with van der Waals surface area (Å²) in [7, 11) is 0. The molecule has 2 heterocycles. The van der Waals surface area contributed by atoms with Gasteiger partial charge in [0.15, 0.2) is 0 Å². The molecule has 1 amide bonds. The maximum absolute atomic E-state index is 11.4. The predicted molar refractivity (Wildman–Crippen MR) is 51.4 cm³/mol. The second kappa shape index (κ2) is 2.45. The minimum absolute atomic E-state index is 0.130. The molecule has 0 aromatic rings. The van der Waals surface area contributed by atoms with E-state index in [1.165, 1.54) is 0 Å². The van der Waals surface area contributed by atoms with Gasteiger partial charge in [0.05, 0.1) is 5.03 Å². The molecule has 2 rings (SSSR count). The molecule has 0 bridgehead atoms. The number of nitrogens with zero attached hydrogens (tertiary/aromatic N) is 2. The molecule has 0 aromatic carbocycles. The molecule has 2 aliphatic heterocycles. The number of rotatable bonds is 0. The molecule has 68 valence electrons. The Hall–Kier alpha value is -1.09. The molecule has 4 heteroatoms. The Morgan fingerprint density at radius 2 is 2.15 bits per heavy atom. The van der Waals surface area contributed by atoms with Gasteiger partial charge in [-0.05, 0) is 26.0 Å². The maximum Gasteiger partial charge on any atom is 0.273 e. The molecular formula is C9H9ClN2O. The van der Waals surface area contributed by atoms with E-state index < -0.39 is 5.54 Å². The minimum atomic E-state index is -0.597. The average molecular weight is 197 g/mol. The number of allylic oxidation sites excluding steroid dienone is 2. The van der Waals surface area contributed by atoms with Crippen molar-refractivity contribution in [1.82, 2.24) is 4.90 Å². The lowest BCUT2D eigenvalue weighted by Crippen LogP contribution is -2.43. The summed E-state index contributed by atoms with van der Waals surface area (Å²) < 4.78 is 0. The van der Waals surface area contributed by atoms with E-state index >= 15 is 0 Å². The monoisotopic (exact) mass is 196 g/mol. The molecule has 13 heavy (non-hydrogen) atoms. The first-order valence-electron chi connectivity index (χ1n) is 4.00. The van der Waals surface area contributed by atoms with Crippen LogP contribution >= 0.6 is 11.6 Å². The minimum Gasteiger partial charge on any atom is -0.317 e. The van der Waals surface area contributed by atoms with E-state index in [0.717, 1.165) is 0 Å². The van der Waals surface area contributed by atoms with E-state index in [4.69, 9.17) is 11.6 Å². The Kier molecular flexibility index (Phi) is 1.60. The lowest BCUT2D eigenvalue weighted by molar-refractivity contribution is -0.123. The number of hydrogen-bond donors (Lipinski definition) is 0. The zero-order valence-electron chi connectivity index (χ0n) is 7.41. The van der Waals surface area contributed by atoms with E-state index in [9.17, 15) is 4.79 Å². The van der Waals surface area contributed by atoms with Crippen molar-refractivity contribution in [2.45, 2.75) is 19.4 Å². The third kappa shape index (κ3) is 1.11. The fraction of sp³-hybridized carbons (Fsp3) is 0.333. The molecule has 0 N–H and O–H groups in total. The number of amides is 1. The summed E-state index contributed by atoms with van der Waals surface area (Å²) in [5, 5.41) is 0.613. The molecule has 0 saturated carbocycles. The summed E-state index contributed by atoms with van der Waals surface area (Å²) in [4.78, 5) is 17.1. The molecule has 3 nitrogen and oxygen atoms in total. The molecule has 0 radical (unpaired) electrons. The first-order chi connectivity index (χ1) is 6.01. The van der Waals surface area contributed by atoms with E-state index in [1.54, 1.807) is 23.3 Å².